The highest BCUT2D eigenvalue weighted by molar-refractivity contribution is 8.16. The lowest BCUT2D eigenvalue weighted by Gasteiger charge is -2.21. The minimum Gasteiger partial charge on any atom is -0.484 e. The lowest BCUT2D eigenvalue weighted by molar-refractivity contribution is -0.123. The molecule has 1 heterocycles. The van der Waals surface area contributed by atoms with Crippen LogP contribution in [0.15, 0.2) is 24.3 Å². The van der Waals surface area contributed by atoms with Crippen molar-refractivity contribution < 1.29 is 9.53 Å². The fourth-order valence-electron chi connectivity index (χ4n) is 2.19. The van der Waals surface area contributed by atoms with Gasteiger partial charge in [0.05, 0.1) is 4.58 Å². The van der Waals surface area contributed by atoms with Gasteiger partial charge in [-0.1, -0.05) is 19.1 Å². The van der Waals surface area contributed by atoms with Crippen LogP contribution in [0.5, 0.6) is 5.75 Å². The quantitative estimate of drug-likeness (QED) is 0.668. The molecule has 6 heteroatoms. The Bertz CT molecular complexity index is 462. The molecule has 0 saturated carbocycles. The van der Waals surface area contributed by atoms with Crippen LogP contribution >= 0.6 is 23.5 Å². The van der Waals surface area contributed by atoms with E-state index in [1.54, 1.807) is 0 Å². The number of nitrogens with one attached hydrogen (secondary N) is 2. The third-order valence-corrected chi connectivity index (χ3v) is 6.42. The number of thioether (sulfide) groups is 2. The van der Waals surface area contributed by atoms with E-state index in [1.807, 2.05) is 35.7 Å². The summed E-state index contributed by atoms with van der Waals surface area (Å²) in [5, 5.41) is 6.08. The Labute approximate surface area is 147 Å². The Balaban J connectivity index is 1.66. The summed E-state index contributed by atoms with van der Waals surface area (Å²) in [4.78, 5) is 11.7. The van der Waals surface area contributed by atoms with E-state index in [1.165, 1.54) is 23.5 Å². The molecule has 128 valence electrons. The van der Waals surface area contributed by atoms with Gasteiger partial charge in [0.1, 0.15) is 5.75 Å². The molecule has 1 aliphatic rings. The fourth-order valence-corrected chi connectivity index (χ4v) is 5.09. The summed E-state index contributed by atoms with van der Waals surface area (Å²) in [5.41, 5.74) is 1.33. The van der Waals surface area contributed by atoms with Crippen molar-refractivity contribution in [2.24, 2.45) is 0 Å². The highest BCUT2D eigenvalue weighted by Crippen LogP contribution is 2.43. The molecule has 1 aromatic rings. The number of carbonyl (C=O) groups excluding carboxylic acids is 1. The van der Waals surface area contributed by atoms with Crippen LogP contribution in [0.3, 0.4) is 0 Å². The maximum Gasteiger partial charge on any atom is 0.257 e. The number of hydrogen-bond acceptors (Lipinski definition) is 5. The van der Waals surface area contributed by atoms with Crippen LogP contribution in [-0.2, 0) is 4.79 Å². The SMILES string of the molecule is CCCNCCNC(=O)COc1ccc(C2SCCCS2)cc1. The number of ether oxygens (including phenoxy) is 1. The topological polar surface area (TPSA) is 50.4 Å². The van der Waals surface area contributed by atoms with Crippen molar-refractivity contribution in [3.05, 3.63) is 29.8 Å². The van der Waals surface area contributed by atoms with E-state index in [9.17, 15) is 4.79 Å². The van der Waals surface area contributed by atoms with Gasteiger partial charge in [0.25, 0.3) is 5.91 Å². The minimum atomic E-state index is -0.0780. The van der Waals surface area contributed by atoms with E-state index >= 15 is 0 Å². The first-order chi connectivity index (χ1) is 11.3. The Morgan fingerprint density at radius 2 is 1.91 bits per heavy atom. The molecule has 1 aromatic carbocycles. The van der Waals surface area contributed by atoms with Crippen LogP contribution in [0.25, 0.3) is 0 Å². The average Bonchev–Trinajstić information content (AvgIpc) is 2.61. The molecule has 1 saturated heterocycles. The molecule has 23 heavy (non-hydrogen) atoms. The van der Waals surface area contributed by atoms with E-state index in [2.05, 4.69) is 29.7 Å². The molecule has 0 aromatic heterocycles. The van der Waals surface area contributed by atoms with Gasteiger partial charge < -0.3 is 15.4 Å². The van der Waals surface area contributed by atoms with E-state index in [0.29, 0.717) is 11.1 Å². The molecule has 0 bridgehead atoms. The summed E-state index contributed by atoms with van der Waals surface area (Å²) in [6, 6.07) is 8.14. The van der Waals surface area contributed by atoms with Gasteiger partial charge in [-0.25, -0.2) is 0 Å². The van der Waals surface area contributed by atoms with Crippen LogP contribution in [0.1, 0.15) is 29.9 Å². The molecule has 0 atom stereocenters. The molecule has 2 N–H and O–H groups in total. The van der Waals surface area contributed by atoms with Gasteiger partial charge in [-0.2, -0.15) is 0 Å². The smallest absolute Gasteiger partial charge is 0.257 e. The van der Waals surface area contributed by atoms with Gasteiger partial charge in [-0.05, 0) is 48.6 Å². The minimum absolute atomic E-state index is 0.0695. The molecule has 1 aliphatic heterocycles. The predicted molar refractivity (Wildman–Crippen MR) is 100 cm³/mol. The van der Waals surface area contributed by atoms with Crippen molar-refractivity contribution in [2.75, 3.05) is 37.7 Å². The van der Waals surface area contributed by atoms with E-state index in [-0.39, 0.29) is 12.5 Å². The number of amides is 1. The van der Waals surface area contributed by atoms with Crippen LogP contribution in [0.2, 0.25) is 0 Å². The normalized spacial score (nSPS) is 15.3. The maximum atomic E-state index is 11.7. The highest BCUT2D eigenvalue weighted by Gasteiger charge is 2.16. The number of carbonyl (C=O) groups is 1. The maximum absolute atomic E-state index is 11.7. The van der Waals surface area contributed by atoms with Crippen molar-refractivity contribution in [1.82, 2.24) is 10.6 Å². The summed E-state index contributed by atoms with van der Waals surface area (Å²) in [6.07, 6.45) is 2.40. The van der Waals surface area contributed by atoms with E-state index < -0.39 is 0 Å². The van der Waals surface area contributed by atoms with Crippen LogP contribution in [0.4, 0.5) is 0 Å². The second-order valence-electron chi connectivity index (χ2n) is 5.38. The second-order valence-corrected chi connectivity index (χ2v) is 8.11. The zero-order chi connectivity index (χ0) is 16.3. The first-order valence-corrected chi connectivity index (χ1v) is 10.3. The standard InChI is InChI=1S/C17H26N2O2S2/c1-2-8-18-9-10-19-16(20)13-21-15-6-4-14(5-7-15)17-22-11-3-12-23-17/h4-7,17-18H,2-3,8-13H2,1H3,(H,19,20). The third kappa shape index (κ3) is 7.06. The van der Waals surface area contributed by atoms with Gasteiger partial charge in [0, 0.05) is 13.1 Å². The Hall–Kier alpha value is -0.850. The average molecular weight is 355 g/mol. The largest absolute Gasteiger partial charge is 0.484 e. The monoisotopic (exact) mass is 354 g/mol. The molecule has 0 spiro atoms. The van der Waals surface area contributed by atoms with Gasteiger partial charge >= 0.3 is 0 Å². The molecule has 4 nitrogen and oxygen atoms in total. The molecular weight excluding hydrogens is 328 g/mol. The number of hydrogen-bond donors (Lipinski definition) is 2. The number of benzene rings is 1. The predicted octanol–water partition coefficient (Wildman–Crippen LogP) is 3.05. The van der Waals surface area contributed by atoms with Crippen molar-refractivity contribution in [3.8, 4) is 5.75 Å². The van der Waals surface area contributed by atoms with E-state index in [0.717, 1.165) is 25.3 Å². The zero-order valence-electron chi connectivity index (χ0n) is 13.7. The summed E-state index contributed by atoms with van der Waals surface area (Å²) < 4.78 is 6.08. The molecular formula is C17H26N2O2S2. The van der Waals surface area contributed by atoms with Gasteiger partial charge in [-0.15, -0.1) is 23.5 Å². The van der Waals surface area contributed by atoms with Crippen molar-refractivity contribution in [2.45, 2.75) is 24.3 Å². The lowest BCUT2D eigenvalue weighted by atomic mass is 10.2. The van der Waals surface area contributed by atoms with Crippen LogP contribution in [-0.4, -0.2) is 43.7 Å². The zero-order valence-corrected chi connectivity index (χ0v) is 15.3. The molecule has 0 aliphatic carbocycles. The highest BCUT2D eigenvalue weighted by atomic mass is 32.2. The first-order valence-electron chi connectivity index (χ1n) is 8.23. The molecule has 0 radical (unpaired) electrons. The molecule has 0 unspecified atom stereocenters. The van der Waals surface area contributed by atoms with Crippen molar-refractivity contribution >= 4 is 29.4 Å². The Morgan fingerprint density at radius 3 is 2.61 bits per heavy atom. The summed E-state index contributed by atoms with van der Waals surface area (Å²) >= 11 is 4.01. The first kappa shape index (κ1) is 18.5. The van der Waals surface area contributed by atoms with Crippen LogP contribution in [0, 0.1) is 0 Å². The van der Waals surface area contributed by atoms with Gasteiger partial charge in [-0.3, -0.25) is 4.79 Å². The molecule has 2 rings (SSSR count). The third-order valence-electron chi connectivity index (χ3n) is 3.40. The van der Waals surface area contributed by atoms with Gasteiger partial charge in [0.15, 0.2) is 6.61 Å². The Morgan fingerprint density at radius 1 is 1.17 bits per heavy atom. The summed E-state index contributed by atoms with van der Waals surface area (Å²) in [5.74, 6) is 3.15. The summed E-state index contributed by atoms with van der Waals surface area (Å²) in [7, 11) is 0. The Kier molecular flexibility index (Phi) is 8.71. The molecule has 1 amide bonds. The lowest BCUT2D eigenvalue weighted by Crippen LogP contribution is -2.35. The summed E-state index contributed by atoms with van der Waals surface area (Å²) in [6.45, 7) is 4.61. The second kappa shape index (κ2) is 10.8. The number of rotatable bonds is 9. The van der Waals surface area contributed by atoms with Gasteiger partial charge in [0.2, 0.25) is 0 Å². The fraction of sp³-hybridized carbons (Fsp3) is 0.588. The van der Waals surface area contributed by atoms with Crippen molar-refractivity contribution in [3.63, 3.8) is 0 Å². The van der Waals surface area contributed by atoms with E-state index in [4.69, 9.17) is 4.74 Å². The van der Waals surface area contributed by atoms with Crippen molar-refractivity contribution in [1.29, 1.82) is 0 Å². The van der Waals surface area contributed by atoms with Crippen LogP contribution < -0.4 is 15.4 Å². The molecule has 1 fully saturated rings.